The van der Waals surface area contributed by atoms with Gasteiger partial charge in [0.2, 0.25) is 0 Å². The minimum atomic E-state index is 0.242. The fraction of sp³-hybridized carbons (Fsp3) is 0.278. The average Bonchev–Trinajstić information content (AvgIpc) is 3.19. The van der Waals surface area contributed by atoms with Crippen LogP contribution in [-0.4, -0.2) is 31.7 Å². The van der Waals surface area contributed by atoms with Crippen LogP contribution in [0.1, 0.15) is 37.0 Å². The van der Waals surface area contributed by atoms with Crippen LogP contribution in [0.5, 0.6) is 5.75 Å². The number of hydrogen-bond donors (Lipinski definition) is 0. The second kappa shape index (κ2) is 6.70. The Hall–Kier alpha value is -2.89. The van der Waals surface area contributed by atoms with E-state index in [-0.39, 0.29) is 5.92 Å². The maximum atomic E-state index is 5.46. The highest BCUT2D eigenvalue weighted by Crippen LogP contribution is 2.24. The van der Waals surface area contributed by atoms with Crippen molar-refractivity contribution in [1.82, 2.24) is 24.5 Å². The molecular weight excluding hydrogens is 302 g/mol. The third kappa shape index (κ3) is 3.22. The molecule has 24 heavy (non-hydrogen) atoms. The number of aromatic nitrogens is 5. The van der Waals surface area contributed by atoms with Gasteiger partial charge in [-0.25, -0.2) is 9.67 Å². The van der Waals surface area contributed by atoms with Gasteiger partial charge in [0.05, 0.1) is 13.3 Å². The number of ether oxygens (including phenoxy) is 1. The van der Waals surface area contributed by atoms with Crippen molar-refractivity contribution < 1.29 is 4.74 Å². The highest BCUT2D eigenvalue weighted by atomic mass is 16.5. The number of rotatable bonds is 5. The van der Waals surface area contributed by atoms with E-state index < -0.39 is 0 Å². The Morgan fingerprint density at radius 1 is 1.17 bits per heavy atom. The summed E-state index contributed by atoms with van der Waals surface area (Å²) in [6, 6.07) is 7.79. The second-order valence-corrected chi connectivity index (χ2v) is 5.85. The van der Waals surface area contributed by atoms with Gasteiger partial charge in [0, 0.05) is 24.7 Å². The first-order chi connectivity index (χ1) is 11.6. The van der Waals surface area contributed by atoms with Gasteiger partial charge in [0.25, 0.3) is 0 Å². The van der Waals surface area contributed by atoms with Gasteiger partial charge < -0.3 is 4.74 Å². The third-order valence-electron chi connectivity index (χ3n) is 3.63. The Kier molecular flexibility index (Phi) is 4.46. The number of hydrogen-bond acceptors (Lipinski definition) is 4. The molecule has 124 valence electrons. The lowest BCUT2D eigenvalue weighted by Crippen LogP contribution is -2.02. The maximum absolute atomic E-state index is 5.46. The summed E-state index contributed by atoms with van der Waals surface area (Å²) in [6.45, 7) is 4.16. The smallest absolute Gasteiger partial charge is 0.156 e. The molecule has 0 atom stereocenters. The quantitative estimate of drug-likeness (QED) is 0.723. The van der Waals surface area contributed by atoms with Gasteiger partial charge in [0.1, 0.15) is 11.4 Å². The van der Waals surface area contributed by atoms with E-state index in [0.29, 0.717) is 0 Å². The summed E-state index contributed by atoms with van der Waals surface area (Å²) < 4.78 is 9.05. The van der Waals surface area contributed by atoms with E-state index in [2.05, 4.69) is 29.0 Å². The number of methoxy groups -OCH3 is 1. The van der Waals surface area contributed by atoms with Crippen molar-refractivity contribution in [3.8, 4) is 11.4 Å². The fourth-order valence-corrected chi connectivity index (χ4v) is 2.37. The topological polar surface area (TPSA) is 57.8 Å². The molecule has 2 heterocycles. The molecule has 3 rings (SSSR count). The molecule has 0 unspecified atom stereocenters. The highest BCUT2D eigenvalue weighted by molar-refractivity contribution is 5.67. The zero-order valence-corrected chi connectivity index (χ0v) is 14.3. The predicted molar refractivity (Wildman–Crippen MR) is 94.1 cm³/mol. The first kappa shape index (κ1) is 16.0. The Labute approximate surface area is 141 Å². The summed E-state index contributed by atoms with van der Waals surface area (Å²) in [5, 5.41) is 8.83. The van der Waals surface area contributed by atoms with E-state index in [9.17, 15) is 0 Å². The summed E-state index contributed by atoms with van der Waals surface area (Å²) in [5.41, 5.74) is 1.88. The monoisotopic (exact) mass is 323 g/mol. The average molecular weight is 323 g/mol. The van der Waals surface area contributed by atoms with Crippen LogP contribution in [0.3, 0.4) is 0 Å². The molecule has 0 radical (unpaired) electrons. The molecule has 0 saturated heterocycles. The molecule has 3 aromatic rings. The molecule has 2 aromatic heterocycles. The van der Waals surface area contributed by atoms with Gasteiger partial charge in [-0.1, -0.05) is 26.0 Å². The van der Waals surface area contributed by atoms with Crippen LogP contribution < -0.4 is 4.74 Å². The predicted octanol–water partition coefficient (Wildman–Crippen LogP) is 3.30. The van der Waals surface area contributed by atoms with Gasteiger partial charge in [-0.2, -0.15) is 10.2 Å². The minimum absolute atomic E-state index is 0.242. The first-order valence-electron chi connectivity index (χ1n) is 7.85. The SMILES string of the molecule is COc1ccccc1-n1nc(C(C)C)nc1C=Cc1cnn(C)c1. The lowest BCUT2D eigenvalue weighted by atomic mass is 10.2. The molecule has 0 bridgehead atoms. The lowest BCUT2D eigenvalue weighted by molar-refractivity contribution is 0.411. The van der Waals surface area contributed by atoms with Crippen LogP contribution in [0.15, 0.2) is 36.7 Å². The van der Waals surface area contributed by atoms with Gasteiger partial charge >= 0.3 is 0 Å². The van der Waals surface area contributed by atoms with Crippen LogP contribution in [0.2, 0.25) is 0 Å². The summed E-state index contributed by atoms with van der Waals surface area (Å²) >= 11 is 0. The molecular formula is C18H21N5O. The Morgan fingerprint density at radius 3 is 2.62 bits per heavy atom. The van der Waals surface area contributed by atoms with Crippen molar-refractivity contribution in [1.29, 1.82) is 0 Å². The molecule has 6 heteroatoms. The second-order valence-electron chi connectivity index (χ2n) is 5.85. The van der Waals surface area contributed by atoms with Crippen LogP contribution in [0.4, 0.5) is 0 Å². The summed E-state index contributed by atoms with van der Waals surface area (Å²) in [5.74, 6) is 2.55. The summed E-state index contributed by atoms with van der Waals surface area (Å²) in [4.78, 5) is 4.67. The molecule has 6 nitrogen and oxygen atoms in total. The van der Waals surface area contributed by atoms with Crippen LogP contribution >= 0.6 is 0 Å². The van der Waals surface area contributed by atoms with E-state index >= 15 is 0 Å². The summed E-state index contributed by atoms with van der Waals surface area (Å²) in [7, 11) is 3.55. The van der Waals surface area contributed by atoms with Crippen LogP contribution in [0, 0.1) is 0 Å². The molecule has 0 amide bonds. The zero-order chi connectivity index (χ0) is 17.1. The minimum Gasteiger partial charge on any atom is -0.494 e. The molecule has 0 aliphatic rings. The van der Waals surface area contributed by atoms with Crippen molar-refractivity contribution in [2.45, 2.75) is 19.8 Å². The lowest BCUT2D eigenvalue weighted by Gasteiger charge is -2.08. The maximum Gasteiger partial charge on any atom is 0.156 e. The summed E-state index contributed by atoms with van der Waals surface area (Å²) in [6.07, 6.45) is 7.68. The van der Waals surface area contributed by atoms with Crippen molar-refractivity contribution in [3.63, 3.8) is 0 Å². The Balaban J connectivity index is 2.06. The van der Waals surface area contributed by atoms with E-state index in [1.54, 1.807) is 11.8 Å². The molecule has 0 fully saturated rings. The third-order valence-corrected chi connectivity index (χ3v) is 3.63. The van der Waals surface area contributed by atoms with Gasteiger partial charge in [-0.3, -0.25) is 4.68 Å². The van der Waals surface area contributed by atoms with Gasteiger partial charge in [0.15, 0.2) is 11.6 Å². The number of aryl methyl sites for hydroxylation is 1. The van der Waals surface area contributed by atoms with Crippen molar-refractivity contribution in [3.05, 3.63) is 53.9 Å². The van der Waals surface area contributed by atoms with Crippen molar-refractivity contribution >= 4 is 12.2 Å². The molecule has 1 aromatic carbocycles. The fourth-order valence-electron chi connectivity index (χ4n) is 2.37. The number of benzene rings is 1. The van der Waals surface area contributed by atoms with E-state index in [1.807, 2.05) is 60.5 Å². The molecule has 0 saturated carbocycles. The molecule has 0 N–H and O–H groups in total. The molecule has 0 spiro atoms. The standard InChI is InChI=1S/C18H21N5O/c1-13(2)18-20-17(10-9-14-11-19-22(3)12-14)23(21-18)15-7-5-6-8-16(15)24-4/h5-13H,1-4H3. The Morgan fingerprint density at radius 2 is 1.96 bits per heavy atom. The highest BCUT2D eigenvalue weighted by Gasteiger charge is 2.15. The Bertz CT molecular complexity index is 860. The molecule has 0 aliphatic carbocycles. The van der Waals surface area contributed by atoms with Crippen LogP contribution in [0.25, 0.3) is 17.8 Å². The zero-order valence-electron chi connectivity index (χ0n) is 14.3. The van der Waals surface area contributed by atoms with Gasteiger partial charge in [-0.05, 0) is 24.3 Å². The number of nitrogens with zero attached hydrogens (tertiary/aromatic N) is 5. The van der Waals surface area contributed by atoms with Gasteiger partial charge in [-0.15, -0.1) is 0 Å². The van der Waals surface area contributed by atoms with E-state index in [0.717, 1.165) is 28.6 Å². The first-order valence-corrected chi connectivity index (χ1v) is 7.85. The number of para-hydroxylation sites is 2. The van der Waals surface area contributed by atoms with Crippen LogP contribution in [-0.2, 0) is 7.05 Å². The van der Waals surface area contributed by atoms with Crippen molar-refractivity contribution in [2.24, 2.45) is 7.05 Å². The van der Waals surface area contributed by atoms with Crippen molar-refractivity contribution in [2.75, 3.05) is 7.11 Å². The largest absolute Gasteiger partial charge is 0.494 e. The van der Waals surface area contributed by atoms with E-state index in [4.69, 9.17) is 4.74 Å². The molecule has 0 aliphatic heterocycles. The van der Waals surface area contributed by atoms with E-state index in [1.165, 1.54) is 0 Å². The normalized spacial score (nSPS) is 11.5.